The van der Waals surface area contributed by atoms with Crippen molar-refractivity contribution in [3.05, 3.63) is 70.7 Å². The van der Waals surface area contributed by atoms with Crippen LogP contribution in [0, 0.1) is 0 Å². The molecule has 31 heavy (non-hydrogen) atoms. The van der Waals surface area contributed by atoms with Crippen molar-refractivity contribution in [2.45, 2.75) is 50.2 Å². The molecule has 1 aliphatic heterocycles. The van der Waals surface area contributed by atoms with E-state index in [0.717, 1.165) is 17.5 Å². The molecule has 1 aliphatic carbocycles. The zero-order chi connectivity index (χ0) is 21.3. The third kappa shape index (κ3) is 3.14. The molecule has 0 unspecified atom stereocenters. The molecular weight excluding hydrogens is 433 g/mol. The monoisotopic (exact) mass is 453 g/mol. The summed E-state index contributed by atoms with van der Waals surface area (Å²) in [5.41, 5.74) is 1.99. The lowest BCUT2D eigenvalue weighted by molar-refractivity contribution is -0.157. The van der Waals surface area contributed by atoms with Crippen molar-refractivity contribution < 1.29 is 9.47 Å². The Bertz CT molecular complexity index is 1320. The first-order valence-electron chi connectivity index (χ1n) is 10.4. The fourth-order valence-electron chi connectivity index (χ4n) is 5.23. The lowest BCUT2D eigenvalue weighted by Crippen LogP contribution is -2.27. The summed E-state index contributed by atoms with van der Waals surface area (Å²) in [6.07, 6.45) is 2.72. The van der Waals surface area contributed by atoms with E-state index in [1.165, 1.54) is 16.3 Å². The van der Waals surface area contributed by atoms with Crippen LogP contribution >= 0.6 is 23.2 Å². The molecule has 7 heteroatoms. The topological polar surface area (TPSA) is 49.2 Å². The highest BCUT2D eigenvalue weighted by atomic mass is 35.5. The van der Waals surface area contributed by atoms with Crippen molar-refractivity contribution in [1.29, 1.82) is 0 Å². The average molecular weight is 454 g/mol. The summed E-state index contributed by atoms with van der Waals surface area (Å²) in [6, 6.07) is 17.1. The van der Waals surface area contributed by atoms with Gasteiger partial charge in [0.05, 0.1) is 17.5 Å². The molecule has 0 N–H and O–H groups in total. The molecule has 2 aliphatic rings. The van der Waals surface area contributed by atoms with E-state index in [1.54, 1.807) is 0 Å². The van der Waals surface area contributed by atoms with Crippen molar-refractivity contribution >= 4 is 45.0 Å². The van der Waals surface area contributed by atoms with E-state index in [1.807, 2.05) is 26.1 Å². The van der Waals surface area contributed by atoms with E-state index in [0.29, 0.717) is 5.15 Å². The highest BCUT2D eigenvalue weighted by Crippen LogP contribution is 2.51. The first-order valence-corrected chi connectivity index (χ1v) is 11.2. The molecule has 2 aromatic carbocycles. The van der Waals surface area contributed by atoms with E-state index in [9.17, 15) is 0 Å². The molecule has 0 spiro atoms. The second kappa shape index (κ2) is 6.91. The zero-order valence-electron chi connectivity index (χ0n) is 17.1. The maximum atomic E-state index is 6.42. The SMILES string of the molecule is CC1(C)O[C@@H]2[C@H](O1)[C@@H](c1ccc3ccccc3c1)C[C@H]2n1ccc2c(Cl)nc(Cl)nc21. The first-order chi connectivity index (χ1) is 14.9. The van der Waals surface area contributed by atoms with Gasteiger partial charge in [0.25, 0.3) is 0 Å². The number of aromatic nitrogens is 3. The number of hydrogen-bond acceptors (Lipinski definition) is 4. The van der Waals surface area contributed by atoms with E-state index in [2.05, 4.69) is 57.0 Å². The largest absolute Gasteiger partial charge is 0.344 e. The molecule has 5 nitrogen and oxygen atoms in total. The lowest BCUT2D eigenvalue weighted by Gasteiger charge is -2.25. The van der Waals surface area contributed by atoms with Crippen LogP contribution in [0.3, 0.4) is 0 Å². The molecule has 2 fully saturated rings. The van der Waals surface area contributed by atoms with Gasteiger partial charge in [0, 0.05) is 12.1 Å². The Balaban J connectivity index is 1.45. The second-order valence-corrected chi connectivity index (χ2v) is 9.52. The Morgan fingerprint density at radius 1 is 0.968 bits per heavy atom. The van der Waals surface area contributed by atoms with Crippen LogP contribution in [0.2, 0.25) is 10.4 Å². The summed E-state index contributed by atoms with van der Waals surface area (Å²) in [4.78, 5) is 8.54. The smallest absolute Gasteiger partial charge is 0.225 e. The Labute approximate surface area is 189 Å². The number of fused-ring (bicyclic) bond motifs is 3. The normalized spacial score (nSPS) is 27.2. The van der Waals surface area contributed by atoms with Gasteiger partial charge in [-0.3, -0.25) is 0 Å². The van der Waals surface area contributed by atoms with Crippen LogP contribution in [0.15, 0.2) is 54.7 Å². The Morgan fingerprint density at radius 2 is 1.74 bits per heavy atom. The van der Waals surface area contributed by atoms with Gasteiger partial charge in [0.2, 0.25) is 5.28 Å². The van der Waals surface area contributed by atoms with E-state index < -0.39 is 5.79 Å². The third-order valence-electron chi connectivity index (χ3n) is 6.49. The van der Waals surface area contributed by atoms with Gasteiger partial charge in [-0.15, -0.1) is 0 Å². The molecule has 4 aromatic rings. The lowest BCUT2D eigenvalue weighted by atomic mass is 9.93. The molecule has 3 heterocycles. The number of nitrogens with zero attached hydrogens (tertiary/aromatic N) is 3. The zero-order valence-corrected chi connectivity index (χ0v) is 18.6. The van der Waals surface area contributed by atoms with Crippen LogP contribution in [0.1, 0.15) is 37.8 Å². The number of rotatable bonds is 2. The molecule has 1 saturated carbocycles. The van der Waals surface area contributed by atoms with Crippen LogP contribution in [0.25, 0.3) is 21.8 Å². The van der Waals surface area contributed by atoms with Crippen LogP contribution in [-0.2, 0) is 9.47 Å². The van der Waals surface area contributed by atoms with Crippen LogP contribution in [0.5, 0.6) is 0 Å². The fourth-order valence-corrected chi connectivity index (χ4v) is 5.67. The standard InChI is InChI=1S/C24H21Cl2N3O2/c1-24(2)30-19-17(15-8-7-13-5-3-4-6-14(13)11-15)12-18(20(19)31-24)29-10-9-16-21(25)27-23(26)28-22(16)29/h3-11,17-20H,12H2,1-2H3/t17-,18-,19-,20+/m1/s1. The molecule has 2 aromatic heterocycles. The van der Waals surface area contributed by atoms with Gasteiger partial charge in [0.15, 0.2) is 5.79 Å². The highest BCUT2D eigenvalue weighted by molar-refractivity contribution is 6.35. The average Bonchev–Trinajstić information content (AvgIpc) is 3.38. The predicted octanol–water partition coefficient (Wildman–Crippen LogP) is 6.14. The van der Waals surface area contributed by atoms with E-state index >= 15 is 0 Å². The second-order valence-electron chi connectivity index (χ2n) is 8.82. The van der Waals surface area contributed by atoms with Gasteiger partial charge in [-0.05, 0) is 54.3 Å². The Morgan fingerprint density at radius 3 is 2.58 bits per heavy atom. The van der Waals surface area contributed by atoms with Gasteiger partial charge >= 0.3 is 0 Å². The highest BCUT2D eigenvalue weighted by Gasteiger charge is 2.55. The summed E-state index contributed by atoms with van der Waals surface area (Å²) < 4.78 is 14.9. The number of benzene rings is 2. The molecule has 0 amide bonds. The molecular formula is C24H21Cl2N3O2. The molecule has 4 atom stereocenters. The Kier molecular flexibility index (Phi) is 4.35. The molecule has 6 rings (SSSR count). The maximum Gasteiger partial charge on any atom is 0.225 e. The van der Waals surface area contributed by atoms with Gasteiger partial charge in [-0.25, -0.2) is 4.98 Å². The van der Waals surface area contributed by atoms with Crippen LogP contribution in [0.4, 0.5) is 0 Å². The van der Waals surface area contributed by atoms with E-state index in [-0.39, 0.29) is 29.5 Å². The minimum atomic E-state index is -0.643. The summed E-state index contributed by atoms with van der Waals surface area (Å²) in [6.45, 7) is 3.95. The summed E-state index contributed by atoms with van der Waals surface area (Å²) in [7, 11) is 0. The van der Waals surface area contributed by atoms with Gasteiger partial charge < -0.3 is 14.0 Å². The van der Waals surface area contributed by atoms with Crippen molar-refractivity contribution in [3.63, 3.8) is 0 Å². The predicted molar refractivity (Wildman–Crippen MR) is 122 cm³/mol. The van der Waals surface area contributed by atoms with Gasteiger partial charge in [0.1, 0.15) is 16.9 Å². The molecule has 1 saturated heterocycles. The van der Waals surface area contributed by atoms with Gasteiger partial charge in [-0.1, -0.05) is 54.1 Å². The fraction of sp³-hybridized carbons (Fsp3) is 0.333. The van der Waals surface area contributed by atoms with Crippen molar-refractivity contribution in [2.24, 2.45) is 0 Å². The summed E-state index contributed by atoms with van der Waals surface area (Å²) in [5.74, 6) is -0.442. The molecule has 0 radical (unpaired) electrons. The van der Waals surface area contributed by atoms with Gasteiger partial charge in [-0.2, -0.15) is 4.98 Å². The third-order valence-corrected chi connectivity index (χ3v) is 6.95. The maximum absolute atomic E-state index is 6.42. The minimum Gasteiger partial charge on any atom is -0.344 e. The van der Waals surface area contributed by atoms with Crippen molar-refractivity contribution in [1.82, 2.24) is 14.5 Å². The summed E-state index contributed by atoms with van der Waals surface area (Å²) >= 11 is 12.4. The summed E-state index contributed by atoms with van der Waals surface area (Å²) in [5, 5.41) is 3.75. The van der Waals surface area contributed by atoms with E-state index in [4.69, 9.17) is 32.7 Å². The number of halogens is 2. The van der Waals surface area contributed by atoms with Crippen LogP contribution in [-0.4, -0.2) is 32.5 Å². The first kappa shape index (κ1) is 19.5. The quantitative estimate of drug-likeness (QED) is 0.270. The molecule has 0 bridgehead atoms. The van der Waals surface area contributed by atoms with Crippen molar-refractivity contribution in [3.8, 4) is 0 Å². The molecule has 158 valence electrons. The van der Waals surface area contributed by atoms with Crippen molar-refractivity contribution in [2.75, 3.05) is 0 Å². The number of ether oxygens (including phenoxy) is 2. The van der Waals surface area contributed by atoms with Crippen LogP contribution < -0.4 is 0 Å². The number of hydrogen-bond donors (Lipinski definition) is 0. The Hall–Kier alpha value is -2.18. The minimum absolute atomic E-state index is 0.0442.